The van der Waals surface area contributed by atoms with Gasteiger partial charge < -0.3 is 10.0 Å². The van der Waals surface area contributed by atoms with E-state index in [0.29, 0.717) is 13.0 Å². The molecule has 0 spiro atoms. The van der Waals surface area contributed by atoms with Gasteiger partial charge in [0.25, 0.3) is 0 Å². The molecule has 1 N–H and O–H groups in total. The summed E-state index contributed by atoms with van der Waals surface area (Å²) < 4.78 is 39.1. The Bertz CT molecular complexity index is 536. The fraction of sp³-hybridized carbons (Fsp3) is 0.500. The topological polar surface area (TPSA) is 47.3 Å². The van der Waals surface area contributed by atoms with Crippen LogP contribution in [0.3, 0.4) is 0 Å². The van der Waals surface area contributed by atoms with E-state index in [4.69, 9.17) is 5.26 Å². The van der Waals surface area contributed by atoms with Crippen molar-refractivity contribution in [2.24, 2.45) is 5.92 Å². The molecule has 20 heavy (non-hydrogen) atoms. The number of rotatable bonds is 1. The summed E-state index contributed by atoms with van der Waals surface area (Å²) in [6.07, 6.45) is -4.51. The zero-order chi connectivity index (χ0) is 14.9. The van der Waals surface area contributed by atoms with Crippen molar-refractivity contribution < 1.29 is 18.3 Å². The van der Waals surface area contributed by atoms with E-state index in [2.05, 4.69) is 0 Å². The summed E-state index contributed by atoms with van der Waals surface area (Å²) in [6.45, 7) is 2.47. The van der Waals surface area contributed by atoms with Gasteiger partial charge in [0.2, 0.25) is 0 Å². The fourth-order valence-electron chi connectivity index (χ4n) is 2.37. The SMILES string of the molecule is C[C@H]1CCN(c2cc(C#N)ccc2C(F)(F)F)C[C@H]1O. The number of nitrogens with zero attached hydrogens (tertiary/aromatic N) is 2. The molecule has 6 heteroatoms. The molecular weight excluding hydrogens is 269 g/mol. The quantitative estimate of drug-likeness (QED) is 0.862. The molecule has 1 fully saturated rings. The number of halogens is 3. The normalized spacial score (nSPS) is 23.5. The number of nitriles is 1. The molecule has 0 amide bonds. The van der Waals surface area contributed by atoms with Crippen molar-refractivity contribution in [3.63, 3.8) is 0 Å². The van der Waals surface area contributed by atoms with Crippen LogP contribution in [0.2, 0.25) is 0 Å². The molecule has 0 saturated carbocycles. The van der Waals surface area contributed by atoms with Gasteiger partial charge in [-0.15, -0.1) is 0 Å². The first-order chi connectivity index (χ1) is 9.32. The third-order valence-corrected chi connectivity index (χ3v) is 3.69. The van der Waals surface area contributed by atoms with Crippen LogP contribution in [-0.4, -0.2) is 24.3 Å². The number of piperidine rings is 1. The first kappa shape index (κ1) is 14.7. The van der Waals surface area contributed by atoms with E-state index < -0.39 is 17.8 Å². The third kappa shape index (κ3) is 2.88. The molecule has 1 aliphatic heterocycles. The van der Waals surface area contributed by atoms with Crippen molar-refractivity contribution in [2.45, 2.75) is 25.6 Å². The maximum atomic E-state index is 13.0. The Balaban J connectivity index is 2.41. The Morgan fingerprint density at radius 3 is 2.65 bits per heavy atom. The first-order valence-electron chi connectivity index (χ1n) is 6.37. The van der Waals surface area contributed by atoms with E-state index in [1.54, 1.807) is 0 Å². The number of β-amino-alcohol motifs (C(OH)–C–C–N with tert-alkyl or cyclic N) is 1. The van der Waals surface area contributed by atoms with E-state index in [1.807, 2.05) is 13.0 Å². The summed E-state index contributed by atoms with van der Waals surface area (Å²) in [5, 5.41) is 18.7. The molecule has 1 aliphatic rings. The molecule has 3 nitrogen and oxygen atoms in total. The van der Waals surface area contributed by atoms with Crippen LogP contribution in [0.15, 0.2) is 18.2 Å². The number of benzene rings is 1. The van der Waals surface area contributed by atoms with Crippen LogP contribution in [0, 0.1) is 17.2 Å². The largest absolute Gasteiger partial charge is 0.418 e. The molecule has 1 aromatic rings. The van der Waals surface area contributed by atoms with Gasteiger partial charge in [-0.1, -0.05) is 6.92 Å². The van der Waals surface area contributed by atoms with Crippen LogP contribution in [0.1, 0.15) is 24.5 Å². The molecule has 2 atom stereocenters. The van der Waals surface area contributed by atoms with Crippen molar-refractivity contribution in [1.82, 2.24) is 0 Å². The third-order valence-electron chi connectivity index (χ3n) is 3.69. The van der Waals surface area contributed by atoms with E-state index in [9.17, 15) is 18.3 Å². The van der Waals surface area contributed by atoms with Crippen LogP contribution in [0.5, 0.6) is 0 Å². The highest BCUT2D eigenvalue weighted by Crippen LogP contribution is 2.38. The van der Waals surface area contributed by atoms with Gasteiger partial charge in [0, 0.05) is 13.1 Å². The summed E-state index contributed by atoms with van der Waals surface area (Å²) in [6, 6.07) is 5.18. The number of anilines is 1. The molecule has 1 heterocycles. The van der Waals surface area contributed by atoms with Gasteiger partial charge in [-0.3, -0.25) is 0 Å². The smallest absolute Gasteiger partial charge is 0.391 e. The van der Waals surface area contributed by atoms with Gasteiger partial charge in [0.1, 0.15) is 0 Å². The van der Waals surface area contributed by atoms with Crippen LogP contribution >= 0.6 is 0 Å². The average Bonchev–Trinajstić information content (AvgIpc) is 2.40. The number of aliphatic hydroxyl groups is 1. The van der Waals surface area contributed by atoms with E-state index in [1.165, 1.54) is 11.0 Å². The van der Waals surface area contributed by atoms with E-state index in [-0.39, 0.29) is 23.7 Å². The lowest BCUT2D eigenvalue weighted by Gasteiger charge is -2.37. The van der Waals surface area contributed by atoms with Crippen molar-refractivity contribution in [3.05, 3.63) is 29.3 Å². The Labute approximate surface area is 115 Å². The van der Waals surface area contributed by atoms with Gasteiger partial charge in [-0.25, -0.2) is 0 Å². The van der Waals surface area contributed by atoms with Crippen molar-refractivity contribution in [2.75, 3.05) is 18.0 Å². The monoisotopic (exact) mass is 284 g/mol. The van der Waals surface area contributed by atoms with Gasteiger partial charge in [-0.2, -0.15) is 18.4 Å². The lowest BCUT2D eigenvalue weighted by atomic mass is 9.95. The average molecular weight is 284 g/mol. The highest BCUT2D eigenvalue weighted by molar-refractivity contribution is 5.59. The lowest BCUT2D eigenvalue weighted by molar-refractivity contribution is -0.137. The van der Waals surface area contributed by atoms with Crippen LogP contribution in [0.25, 0.3) is 0 Å². The summed E-state index contributed by atoms with van der Waals surface area (Å²) in [4.78, 5) is 1.51. The van der Waals surface area contributed by atoms with Crippen molar-refractivity contribution in [3.8, 4) is 6.07 Å². The molecule has 0 radical (unpaired) electrons. The summed E-state index contributed by atoms with van der Waals surface area (Å²) in [5.74, 6) is 0.0692. The second-order valence-corrected chi connectivity index (χ2v) is 5.12. The Morgan fingerprint density at radius 1 is 1.40 bits per heavy atom. The van der Waals surface area contributed by atoms with Crippen LogP contribution in [-0.2, 0) is 6.18 Å². The minimum atomic E-state index is -4.47. The summed E-state index contributed by atoms with van der Waals surface area (Å²) in [5.41, 5.74) is -0.609. The maximum Gasteiger partial charge on any atom is 0.418 e. The first-order valence-corrected chi connectivity index (χ1v) is 6.37. The number of aliphatic hydroxyl groups excluding tert-OH is 1. The second-order valence-electron chi connectivity index (χ2n) is 5.12. The van der Waals surface area contributed by atoms with Gasteiger partial charge in [0.05, 0.1) is 29.0 Å². The minimum absolute atomic E-state index is 0.0255. The number of alkyl halides is 3. The minimum Gasteiger partial charge on any atom is -0.391 e. The zero-order valence-electron chi connectivity index (χ0n) is 11.0. The number of hydrogen-bond donors (Lipinski definition) is 1. The zero-order valence-corrected chi connectivity index (χ0v) is 11.0. The Kier molecular flexibility index (Phi) is 3.91. The molecule has 1 saturated heterocycles. The molecule has 0 bridgehead atoms. The van der Waals surface area contributed by atoms with Crippen molar-refractivity contribution >= 4 is 5.69 Å². The molecule has 0 aliphatic carbocycles. The predicted octanol–water partition coefficient (Wildman–Crippen LogP) is 2.78. The molecule has 108 valence electrons. The van der Waals surface area contributed by atoms with Crippen LogP contribution < -0.4 is 4.90 Å². The molecule has 1 aromatic carbocycles. The Morgan fingerprint density at radius 2 is 2.10 bits per heavy atom. The van der Waals surface area contributed by atoms with E-state index >= 15 is 0 Å². The fourth-order valence-corrected chi connectivity index (χ4v) is 2.37. The molecule has 0 unspecified atom stereocenters. The van der Waals surface area contributed by atoms with Gasteiger partial charge >= 0.3 is 6.18 Å². The summed E-state index contributed by atoms with van der Waals surface area (Å²) >= 11 is 0. The molecule has 2 rings (SSSR count). The standard InChI is InChI=1S/C14H15F3N2O/c1-9-4-5-19(8-13(9)20)12-6-10(7-18)2-3-11(12)14(15,16)17/h2-3,6,9,13,20H,4-5,8H2,1H3/t9-,13+/m0/s1. The number of hydrogen-bond acceptors (Lipinski definition) is 3. The summed E-state index contributed by atoms with van der Waals surface area (Å²) in [7, 11) is 0. The van der Waals surface area contributed by atoms with Gasteiger partial charge in [-0.05, 0) is 30.5 Å². The maximum absolute atomic E-state index is 13.0. The predicted molar refractivity (Wildman–Crippen MR) is 68.2 cm³/mol. The van der Waals surface area contributed by atoms with Gasteiger partial charge in [0.15, 0.2) is 0 Å². The highest BCUT2D eigenvalue weighted by Gasteiger charge is 2.36. The second kappa shape index (κ2) is 5.33. The van der Waals surface area contributed by atoms with Crippen LogP contribution in [0.4, 0.5) is 18.9 Å². The Hall–Kier alpha value is -1.74. The highest BCUT2D eigenvalue weighted by atomic mass is 19.4. The molecular formula is C14H15F3N2O. The van der Waals surface area contributed by atoms with E-state index in [0.717, 1.165) is 12.1 Å². The van der Waals surface area contributed by atoms with Crippen molar-refractivity contribution in [1.29, 1.82) is 5.26 Å². The lowest BCUT2D eigenvalue weighted by Crippen LogP contribution is -2.43. The molecule has 0 aromatic heterocycles.